The standard InChI is InChI=1S/C19H19ClN2.C2H6/c1-4-14(6-5-13(2)3)18(12-21)16-9-10-22-19-11-15(20)7-8-17(16)19;1-2/h4-11,13,18H,1-3H3;1-2H3/b6-5-,14-4?;. The number of nitrogens with zero attached hydrogens (tertiary/aromatic N) is 2. The van der Waals surface area contributed by atoms with Crippen molar-refractivity contribution < 1.29 is 0 Å². The Morgan fingerprint density at radius 3 is 2.54 bits per heavy atom. The molecule has 3 heteroatoms. The van der Waals surface area contributed by atoms with Crippen molar-refractivity contribution in [2.24, 2.45) is 5.92 Å². The number of pyridine rings is 1. The number of rotatable bonds is 4. The highest BCUT2D eigenvalue weighted by Gasteiger charge is 2.17. The average Bonchev–Trinajstić information content (AvgIpc) is 2.59. The van der Waals surface area contributed by atoms with Crippen LogP contribution in [0.5, 0.6) is 0 Å². The van der Waals surface area contributed by atoms with Crippen molar-refractivity contribution in [1.29, 1.82) is 5.26 Å². The van der Waals surface area contributed by atoms with Gasteiger partial charge in [-0.3, -0.25) is 4.98 Å². The topological polar surface area (TPSA) is 36.7 Å². The van der Waals surface area contributed by atoms with Crippen LogP contribution in [-0.4, -0.2) is 4.98 Å². The number of aromatic nitrogens is 1. The van der Waals surface area contributed by atoms with Gasteiger partial charge < -0.3 is 0 Å². The molecule has 0 radical (unpaired) electrons. The van der Waals surface area contributed by atoms with Gasteiger partial charge in [0.05, 0.1) is 17.5 Å². The smallest absolute Gasteiger partial charge is 0.0966 e. The Morgan fingerprint density at radius 2 is 1.96 bits per heavy atom. The molecule has 0 fully saturated rings. The predicted octanol–water partition coefficient (Wildman–Crippen LogP) is 6.68. The van der Waals surface area contributed by atoms with Crippen molar-refractivity contribution in [3.05, 3.63) is 64.8 Å². The van der Waals surface area contributed by atoms with E-state index in [2.05, 4.69) is 31.0 Å². The van der Waals surface area contributed by atoms with Crippen LogP contribution < -0.4 is 0 Å². The van der Waals surface area contributed by atoms with Crippen LogP contribution in [0.15, 0.2) is 54.3 Å². The second-order valence-corrected chi connectivity index (χ2v) is 5.95. The van der Waals surface area contributed by atoms with E-state index in [1.807, 2.05) is 57.2 Å². The molecular formula is C21H25ClN2. The predicted molar refractivity (Wildman–Crippen MR) is 104 cm³/mol. The normalized spacial score (nSPS) is 12.8. The molecule has 0 saturated heterocycles. The number of benzene rings is 1. The van der Waals surface area contributed by atoms with E-state index in [-0.39, 0.29) is 5.92 Å². The summed E-state index contributed by atoms with van der Waals surface area (Å²) in [6, 6.07) is 9.93. The molecule has 0 aliphatic rings. The van der Waals surface area contributed by atoms with Crippen LogP contribution in [0.2, 0.25) is 5.02 Å². The second kappa shape index (κ2) is 9.90. The molecule has 126 valence electrons. The molecular weight excluding hydrogens is 316 g/mol. The van der Waals surface area contributed by atoms with Gasteiger partial charge in [0.15, 0.2) is 0 Å². The number of hydrogen-bond donors (Lipinski definition) is 0. The first-order chi connectivity index (χ1) is 11.6. The van der Waals surface area contributed by atoms with Crippen molar-refractivity contribution in [3.63, 3.8) is 0 Å². The van der Waals surface area contributed by atoms with Crippen LogP contribution in [0.4, 0.5) is 0 Å². The zero-order valence-electron chi connectivity index (χ0n) is 15.0. The van der Waals surface area contributed by atoms with Gasteiger partial charge in [-0.2, -0.15) is 5.26 Å². The highest BCUT2D eigenvalue weighted by atomic mass is 35.5. The summed E-state index contributed by atoms with van der Waals surface area (Å²) in [7, 11) is 0. The highest BCUT2D eigenvalue weighted by molar-refractivity contribution is 6.31. The van der Waals surface area contributed by atoms with Gasteiger partial charge in [0.1, 0.15) is 0 Å². The van der Waals surface area contributed by atoms with Gasteiger partial charge in [0, 0.05) is 16.6 Å². The lowest BCUT2D eigenvalue weighted by atomic mass is 9.89. The summed E-state index contributed by atoms with van der Waals surface area (Å²) in [4.78, 5) is 4.35. The van der Waals surface area contributed by atoms with Gasteiger partial charge >= 0.3 is 0 Å². The number of halogens is 1. The molecule has 0 spiro atoms. The molecule has 0 aliphatic carbocycles. The number of nitriles is 1. The first-order valence-electron chi connectivity index (χ1n) is 8.35. The molecule has 2 aromatic rings. The Hall–Kier alpha value is -2.11. The third kappa shape index (κ3) is 4.94. The quantitative estimate of drug-likeness (QED) is 0.582. The second-order valence-electron chi connectivity index (χ2n) is 5.52. The Balaban J connectivity index is 0.00000139. The molecule has 2 rings (SSSR count). The van der Waals surface area contributed by atoms with Crippen LogP contribution in [0.25, 0.3) is 10.9 Å². The van der Waals surface area contributed by atoms with Crippen molar-refractivity contribution in [3.8, 4) is 6.07 Å². The highest BCUT2D eigenvalue weighted by Crippen LogP contribution is 2.31. The van der Waals surface area contributed by atoms with Gasteiger partial charge in [-0.1, -0.05) is 63.6 Å². The molecule has 0 bridgehead atoms. The van der Waals surface area contributed by atoms with Crippen LogP contribution in [0.1, 0.15) is 46.1 Å². The maximum absolute atomic E-state index is 9.69. The van der Waals surface area contributed by atoms with Crippen LogP contribution in [0, 0.1) is 17.2 Å². The molecule has 2 nitrogen and oxygen atoms in total. The molecule has 0 saturated carbocycles. The Morgan fingerprint density at radius 1 is 1.25 bits per heavy atom. The maximum Gasteiger partial charge on any atom is 0.0966 e. The summed E-state index contributed by atoms with van der Waals surface area (Å²) in [5, 5.41) is 11.3. The molecule has 1 aromatic carbocycles. The lowest BCUT2D eigenvalue weighted by Crippen LogP contribution is -2.00. The monoisotopic (exact) mass is 340 g/mol. The summed E-state index contributed by atoms with van der Waals surface area (Å²) >= 11 is 6.03. The van der Waals surface area contributed by atoms with Gasteiger partial charge in [-0.05, 0) is 42.2 Å². The largest absolute Gasteiger partial charge is 0.256 e. The van der Waals surface area contributed by atoms with E-state index in [0.29, 0.717) is 10.9 Å². The maximum atomic E-state index is 9.69. The minimum absolute atomic E-state index is 0.313. The van der Waals surface area contributed by atoms with Crippen LogP contribution >= 0.6 is 11.6 Å². The van der Waals surface area contributed by atoms with E-state index in [1.54, 1.807) is 6.20 Å². The zero-order chi connectivity index (χ0) is 18.1. The van der Waals surface area contributed by atoms with E-state index >= 15 is 0 Å². The molecule has 0 amide bonds. The first kappa shape index (κ1) is 19.9. The Bertz CT molecular complexity index is 767. The van der Waals surface area contributed by atoms with Gasteiger partial charge in [0.25, 0.3) is 0 Å². The Labute approximate surface area is 150 Å². The van der Waals surface area contributed by atoms with E-state index < -0.39 is 0 Å². The van der Waals surface area contributed by atoms with E-state index in [0.717, 1.165) is 22.0 Å². The van der Waals surface area contributed by atoms with Gasteiger partial charge in [-0.25, -0.2) is 0 Å². The molecule has 0 aliphatic heterocycles. The third-order valence-corrected chi connectivity index (χ3v) is 3.75. The summed E-state index contributed by atoms with van der Waals surface area (Å²) in [5.74, 6) is 0.133. The summed E-state index contributed by atoms with van der Waals surface area (Å²) in [5.41, 5.74) is 2.78. The van der Waals surface area contributed by atoms with Gasteiger partial charge in [0.2, 0.25) is 0 Å². The first-order valence-corrected chi connectivity index (χ1v) is 8.72. The molecule has 1 atom stereocenters. The minimum atomic E-state index is -0.313. The van der Waals surface area contributed by atoms with Crippen molar-refractivity contribution in [1.82, 2.24) is 4.98 Å². The molecule has 1 aromatic heterocycles. The fraction of sp³-hybridized carbons (Fsp3) is 0.333. The number of allylic oxidation sites excluding steroid dienone is 4. The van der Waals surface area contributed by atoms with Crippen LogP contribution in [-0.2, 0) is 0 Å². The van der Waals surface area contributed by atoms with Crippen molar-refractivity contribution in [2.75, 3.05) is 0 Å². The number of hydrogen-bond acceptors (Lipinski definition) is 2. The molecule has 1 heterocycles. The summed E-state index contributed by atoms with van der Waals surface area (Å²) < 4.78 is 0. The van der Waals surface area contributed by atoms with Crippen molar-refractivity contribution >= 4 is 22.5 Å². The summed E-state index contributed by atoms with van der Waals surface area (Å²) in [6.45, 7) is 10.2. The zero-order valence-corrected chi connectivity index (χ0v) is 15.8. The molecule has 0 N–H and O–H groups in total. The van der Waals surface area contributed by atoms with E-state index in [9.17, 15) is 5.26 Å². The lowest BCUT2D eigenvalue weighted by molar-refractivity contribution is 0.828. The molecule has 1 unspecified atom stereocenters. The summed E-state index contributed by atoms with van der Waals surface area (Å²) in [6.07, 6.45) is 7.88. The minimum Gasteiger partial charge on any atom is -0.256 e. The van der Waals surface area contributed by atoms with Crippen LogP contribution in [0.3, 0.4) is 0 Å². The fourth-order valence-corrected chi connectivity index (χ4v) is 2.55. The van der Waals surface area contributed by atoms with E-state index in [1.165, 1.54) is 0 Å². The number of fused-ring (bicyclic) bond motifs is 1. The van der Waals surface area contributed by atoms with Gasteiger partial charge in [-0.15, -0.1) is 0 Å². The molecule has 24 heavy (non-hydrogen) atoms. The fourth-order valence-electron chi connectivity index (χ4n) is 2.38. The Kier molecular flexibility index (Phi) is 8.22. The van der Waals surface area contributed by atoms with E-state index in [4.69, 9.17) is 11.6 Å². The van der Waals surface area contributed by atoms with Crippen molar-refractivity contribution in [2.45, 2.75) is 40.5 Å². The third-order valence-electron chi connectivity index (χ3n) is 3.52. The SMILES string of the molecule is CC.CC=C(/C=C\C(C)C)C(C#N)c1ccnc2cc(Cl)ccc12. The lowest BCUT2D eigenvalue weighted by Gasteiger charge is -2.14. The average molecular weight is 341 g/mol.